The maximum Gasteiger partial charge on any atom is 0.433 e. The van der Waals surface area contributed by atoms with Crippen LogP contribution in [-0.4, -0.2) is 37.2 Å². The summed E-state index contributed by atoms with van der Waals surface area (Å²) >= 11 is 5.01. The van der Waals surface area contributed by atoms with Gasteiger partial charge in [-0.15, -0.1) is 0 Å². The Morgan fingerprint density at radius 3 is 2.48 bits per heavy atom. The Hall–Kier alpha value is -3.94. The first-order chi connectivity index (χ1) is 15.4. The number of anilines is 1. The van der Waals surface area contributed by atoms with Crippen LogP contribution in [0.5, 0.6) is 23.3 Å². The molecular weight excluding hydrogens is 467 g/mol. The van der Waals surface area contributed by atoms with Crippen LogP contribution in [0.25, 0.3) is 0 Å². The van der Waals surface area contributed by atoms with Gasteiger partial charge in [0.15, 0.2) is 27.5 Å². The molecular formula is C19H16F3N5O5S. The fourth-order valence-electron chi connectivity index (χ4n) is 2.72. The van der Waals surface area contributed by atoms with E-state index >= 15 is 0 Å². The monoisotopic (exact) mass is 483 g/mol. The third-order valence-electron chi connectivity index (χ3n) is 4.43. The van der Waals surface area contributed by atoms with Crippen LogP contribution >= 0.6 is 12.2 Å². The topological polar surface area (TPSA) is 121 Å². The number of hydrogen-bond donors (Lipinski definition) is 2. The Morgan fingerprint density at radius 2 is 1.85 bits per heavy atom. The lowest BCUT2D eigenvalue weighted by atomic mass is 10.2. The molecule has 3 aromatic rings. The van der Waals surface area contributed by atoms with Gasteiger partial charge in [0.2, 0.25) is 11.8 Å². The molecule has 0 bridgehead atoms. The molecule has 33 heavy (non-hydrogen) atoms. The van der Waals surface area contributed by atoms with Crippen LogP contribution < -0.4 is 20.3 Å². The summed E-state index contributed by atoms with van der Waals surface area (Å²) in [5, 5.41) is 12.6. The molecule has 0 aliphatic rings. The first kappa shape index (κ1) is 23.7. The number of carbonyl (C=O) groups is 1. The Balaban J connectivity index is 1.95. The van der Waals surface area contributed by atoms with E-state index in [1.54, 1.807) is 0 Å². The van der Waals surface area contributed by atoms with Crippen molar-refractivity contribution in [1.29, 1.82) is 0 Å². The molecule has 0 spiro atoms. The second kappa shape index (κ2) is 8.90. The molecule has 0 aliphatic heterocycles. The number of carbonyl (C=O) groups excluding carboxylic acids is 1. The molecule has 0 unspecified atom stereocenters. The molecule has 3 rings (SSSR count). The van der Waals surface area contributed by atoms with E-state index in [0.29, 0.717) is 12.4 Å². The second-order valence-corrected chi connectivity index (χ2v) is 6.93. The molecule has 0 saturated heterocycles. The third-order valence-corrected chi connectivity index (χ3v) is 4.98. The van der Waals surface area contributed by atoms with Crippen molar-refractivity contribution < 1.29 is 32.5 Å². The van der Waals surface area contributed by atoms with E-state index in [-0.39, 0.29) is 22.0 Å². The summed E-state index contributed by atoms with van der Waals surface area (Å²) in [5.41, 5.74) is -2.50. The zero-order valence-electron chi connectivity index (χ0n) is 17.3. The van der Waals surface area contributed by atoms with Crippen molar-refractivity contribution in [3.63, 3.8) is 0 Å². The highest BCUT2D eigenvalue weighted by molar-refractivity contribution is 7.71. The van der Waals surface area contributed by atoms with Gasteiger partial charge in [-0.05, 0) is 24.4 Å². The van der Waals surface area contributed by atoms with Crippen molar-refractivity contribution in [1.82, 2.24) is 19.1 Å². The summed E-state index contributed by atoms with van der Waals surface area (Å²) in [5.74, 6) is -1.95. The quantitative estimate of drug-likeness (QED) is 0.532. The molecule has 0 saturated carbocycles. The zero-order chi connectivity index (χ0) is 24.5. The Kier molecular flexibility index (Phi) is 6.39. The van der Waals surface area contributed by atoms with E-state index in [9.17, 15) is 27.9 Å². The highest BCUT2D eigenvalue weighted by atomic mass is 32.1. The predicted molar refractivity (Wildman–Crippen MR) is 111 cm³/mol. The fraction of sp³-hybridized carbons (Fsp3) is 0.211. The molecule has 2 aromatic heterocycles. The minimum Gasteiger partial charge on any atom is -0.494 e. The summed E-state index contributed by atoms with van der Waals surface area (Å²) in [4.78, 5) is 31.9. The van der Waals surface area contributed by atoms with Crippen molar-refractivity contribution in [2.45, 2.75) is 6.18 Å². The molecule has 2 N–H and O–H groups in total. The smallest absolute Gasteiger partial charge is 0.433 e. The predicted octanol–water partition coefficient (Wildman–Crippen LogP) is 3.02. The number of amides is 1. The number of hydrogen-bond acceptors (Lipinski definition) is 8. The molecule has 10 nitrogen and oxygen atoms in total. The van der Waals surface area contributed by atoms with Gasteiger partial charge in [0.1, 0.15) is 6.33 Å². The molecule has 0 atom stereocenters. The van der Waals surface area contributed by atoms with Gasteiger partial charge in [-0.1, -0.05) is 0 Å². The lowest BCUT2D eigenvalue weighted by Crippen LogP contribution is -2.31. The van der Waals surface area contributed by atoms with E-state index < -0.39 is 40.7 Å². The number of rotatable bonds is 5. The number of methoxy groups -OCH3 is 1. The minimum absolute atomic E-state index is 0.00254. The Morgan fingerprint density at radius 1 is 1.15 bits per heavy atom. The summed E-state index contributed by atoms with van der Waals surface area (Å²) in [6.07, 6.45) is -4.01. The summed E-state index contributed by atoms with van der Waals surface area (Å²) < 4.78 is 51.3. The fourth-order valence-corrected chi connectivity index (χ4v) is 2.89. The van der Waals surface area contributed by atoms with Crippen molar-refractivity contribution in [3.05, 3.63) is 57.0 Å². The molecule has 1 amide bonds. The molecule has 0 fully saturated rings. The first-order valence-electron chi connectivity index (χ1n) is 8.99. The Bertz CT molecular complexity index is 1350. The van der Waals surface area contributed by atoms with Crippen LogP contribution in [-0.2, 0) is 20.3 Å². The van der Waals surface area contributed by atoms with E-state index in [4.69, 9.17) is 21.7 Å². The summed E-state index contributed by atoms with van der Waals surface area (Å²) in [7, 11) is 4.03. The number of nitrogens with one attached hydrogen (secondary N) is 1. The van der Waals surface area contributed by atoms with Crippen molar-refractivity contribution in [2.24, 2.45) is 14.1 Å². The maximum atomic E-state index is 12.9. The van der Waals surface area contributed by atoms with Gasteiger partial charge < -0.3 is 19.9 Å². The van der Waals surface area contributed by atoms with Crippen LogP contribution in [0.4, 0.5) is 18.9 Å². The average Bonchev–Trinajstić information content (AvgIpc) is 2.76. The largest absolute Gasteiger partial charge is 0.494 e. The van der Waals surface area contributed by atoms with E-state index in [1.807, 2.05) is 0 Å². The van der Waals surface area contributed by atoms with Crippen LogP contribution in [0.15, 0.2) is 35.4 Å². The molecule has 0 radical (unpaired) electrons. The number of nitrogens with zero attached hydrogens (tertiary/aromatic N) is 4. The highest BCUT2D eigenvalue weighted by Crippen LogP contribution is 2.35. The van der Waals surface area contributed by atoms with Gasteiger partial charge >= 0.3 is 6.18 Å². The lowest BCUT2D eigenvalue weighted by Gasteiger charge is -2.14. The van der Waals surface area contributed by atoms with Crippen LogP contribution in [0.3, 0.4) is 0 Å². The number of aromatic nitrogens is 4. The van der Waals surface area contributed by atoms with Crippen LogP contribution in [0, 0.1) is 4.77 Å². The molecule has 14 heteroatoms. The molecule has 0 aliphatic carbocycles. The summed E-state index contributed by atoms with van der Waals surface area (Å²) in [6, 6.07) is 4.62. The number of aromatic hydroxyl groups is 1. The SMILES string of the molecule is COc1ccc(NC(=O)c2c(O)n(C)c(=S)n(C)c2=O)cc1Oc1cc(C(F)(F)F)ncn1. The van der Waals surface area contributed by atoms with Crippen molar-refractivity contribution in [3.8, 4) is 23.3 Å². The molecule has 2 heterocycles. The first-order valence-corrected chi connectivity index (χ1v) is 9.40. The second-order valence-electron chi connectivity index (χ2n) is 6.57. The van der Waals surface area contributed by atoms with Gasteiger partial charge in [0, 0.05) is 31.9 Å². The summed E-state index contributed by atoms with van der Waals surface area (Å²) in [6.45, 7) is 0. The van der Waals surface area contributed by atoms with Gasteiger partial charge in [0.05, 0.1) is 7.11 Å². The highest BCUT2D eigenvalue weighted by Gasteiger charge is 2.33. The van der Waals surface area contributed by atoms with Gasteiger partial charge in [-0.3, -0.25) is 18.7 Å². The normalized spacial score (nSPS) is 11.2. The standard InChI is InChI=1S/C19H16F3N5O5S/c1-26-16(29)14(17(30)27(2)18(26)33)15(28)25-9-4-5-10(31-3)11(6-9)32-13-7-12(19(20,21)22)23-8-24-13/h4-8,29H,1-3H3,(H,25,28). The van der Waals surface area contributed by atoms with E-state index in [0.717, 1.165) is 9.13 Å². The minimum atomic E-state index is -4.70. The lowest BCUT2D eigenvalue weighted by molar-refractivity contribution is -0.141. The van der Waals surface area contributed by atoms with E-state index in [2.05, 4.69) is 15.3 Å². The van der Waals surface area contributed by atoms with Gasteiger partial charge in [-0.2, -0.15) is 13.2 Å². The molecule has 1 aromatic carbocycles. The number of alkyl halides is 3. The maximum absolute atomic E-state index is 12.9. The van der Waals surface area contributed by atoms with Crippen LogP contribution in [0.2, 0.25) is 0 Å². The number of benzene rings is 1. The average molecular weight is 483 g/mol. The van der Waals surface area contributed by atoms with Crippen LogP contribution in [0.1, 0.15) is 16.1 Å². The van der Waals surface area contributed by atoms with E-state index in [1.165, 1.54) is 39.4 Å². The van der Waals surface area contributed by atoms with Crippen molar-refractivity contribution in [2.75, 3.05) is 12.4 Å². The zero-order valence-corrected chi connectivity index (χ0v) is 18.1. The Labute approximate surface area is 188 Å². The van der Waals surface area contributed by atoms with Gasteiger partial charge in [0.25, 0.3) is 11.5 Å². The number of ether oxygens (including phenoxy) is 2. The third kappa shape index (κ3) is 4.79. The number of halogens is 3. The molecule has 174 valence electrons. The van der Waals surface area contributed by atoms with Crippen molar-refractivity contribution >= 4 is 23.8 Å². The van der Waals surface area contributed by atoms with Gasteiger partial charge in [-0.25, -0.2) is 9.97 Å².